The largest absolute Gasteiger partial charge is 0.383 e. The number of aromatic amines is 1. The molecule has 0 radical (unpaired) electrons. The number of aryl methyl sites for hydroxylation is 1. The SMILES string of the molecule is Cc1cc(CC(=O)c2cn(C(C)(C)C)c3ncnc(N)c23)n[nH]1. The molecule has 7 nitrogen and oxygen atoms in total. The van der Waals surface area contributed by atoms with E-state index in [4.69, 9.17) is 5.73 Å². The smallest absolute Gasteiger partial charge is 0.171 e. The lowest BCUT2D eigenvalue weighted by Gasteiger charge is -2.21. The lowest BCUT2D eigenvalue weighted by molar-refractivity contribution is 0.0993. The third-order valence-corrected chi connectivity index (χ3v) is 3.74. The first-order valence-electron chi connectivity index (χ1n) is 7.43. The van der Waals surface area contributed by atoms with Crippen molar-refractivity contribution in [3.05, 3.63) is 35.5 Å². The molecular weight excluding hydrogens is 292 g/mol. The summed E-state index contributed by atoms with van der Waals surface area (Å²) >= 11 is 0. The molecule has 7 heteroatoms. The monoisotopic (exact) mass is 312 g/mol. The van der Waals surface area contributed by atoms with E-state index in [2.05, 4.69) is 40.9 Å². The molecule has 0 spiro atoms. The normalized spacial score (nSPS) is 12.0. The van der Waals surface area contributed by atoms with Gasteiger partial charge in [-0.1, -0.05) is 0 Å². The molecule has 0 aliphatic heterocycles. The summed E-state index contributed by atoms with van der Waals surface area (Å²) < 4.78 is 1.96. The van der Waals surface area contributed by atoms with Crippen LogP contribution in [0.15, 0.2) is 18.6 Å². The maximum atomic E-state index is 12.8. The number of fused-ring (bicyclic) bond motifs is 1. The van der Waals surface area contributed by atoms with Crippen molar-refractivity contribution in [2.45, 2.75) is 39.7 Å². The van der Waals surface area contributed by atoms with Crippen molar-refractivity contribution in [1.82, 2.24) is 24.7 Å². The number of anilines is 1. The first-order chi connectivity index (χ1) is 10.8. The van der Waals surface area contributed by atoms with Gasteiger partial charge in [-0.3, -0.25) is 9.89 Å². The molecule has 3 rings (SSSR count). The molecule has 3 aromatic rings. The summed E-state index contributed by atoms with van der Waals surface area (Å²) in [6.45, 7) is 8.06. The number of nitrogens with two attached hydrogens (primary N) is 1. The van der Waals surface area contributed by atoms with Crippen LogP contribution in [0.3, 0.4) is 0 Å². The number of hydrogen-bond acceptors (Lipinski definition) is 5. The van der Waals surface area contributed by atoms with Gasteiger partial charge in [0.2, 0.25) is 0 Å². The second-order valence-electron chi connectivity index (χ2n) is 6.68. The van der Waals surface area contributed by atoms with E-state index in [-0.39, 0.29) is 17.7 Å². The Hall–Kier alpha value is -2.70. The molecule has 3 heterocycles. The Kier molecular flexibility index (Phi) is 3.43. The van der Waals surface area contributed by atoms with Crippen LogP contribution in [0.2, 0.25) is 0 Å². The van der Waals surface area contributed by atoms with Crippen LogP contribution in [0.1, 0.15) is 42.5 Å². The van der Waals surface area contributed by atoms with Crippen LogP contribution in [0.25, 0.3) is 11.0 Å². The van der Waals surface area contributed by atoms with Crippen molar-refractivity contribution in [2.75, 3.05) is 5.73 Å². The molecule has 3 N–H and O–H groups in total. The fourth-order valence-corrected chi connectivity index (χ4v) is 2.63. The Labute approximate surface area is 133 Å². The van der Waals surface area contributed by atoms with Gasteiger partial charge in [0.25, 0.3) is 0 Å². The van der Waals surface area contributed by atoms with Crippen molar-refractivity contribution in [3.63, 3.8) is 0 Å². The summed E-state index contributed by atoms with van der Waals surface area (Å²) in [6, 6.07) is 1.86. The summed E-state index contributed by atoms with van der Waals surface area (Å²) in [5.41, 5.74) is 8.63. The Morgan fingerprint density at radius 2 is 2.09 bits per heavy atom. The van der Waals surface area contributed by atoms with Gasteiger partial charge in [-0.15, -0.1) is 0 Å². The van der Waals surface area contributed by atoms with Crippen molar-refractivity contribution < 1.29 is 4.79 Å². The highest BCUT2D eigenvalue weighted by Gasteiger charge is 2.24. The van der Waals surface area contributed by atoms with Crippen LogP contribution in [0, 0.1) is 6.92 Å². The van der Waals surface area contributed by atoms with Gasteiger partial charge in [-0.2, -0.15) is 5.10 Å². The molecule has 23 heavy (non-hydrogen) atoms. The number of nitrogens with zero attached hydrogens (tertiary/aromatic N) is 4. The molecule has 0 atom stereocenters. The number of aromatic nitrogens is 5. The van der Waals surface area contributed by atoms with Crippen LogP contribution in [-0.2, 0) is 12.0 Å². The number of carbonyl (C=O) groups excluding carboxylic acids is 1. The molecule has 0 aliphatic carbocycles. The maximum absolute atomic E-state index is 12.8. The number of H-pyrrole nitrogens is 1. The van der Waals surface area contributed by atoms with Crippen LogP contribution in [-0.4, -0.2) is 30.5 Å². The van der Waals surface area contributed by atoms with Gasteiger partial charge in [0.15, 0.2) is 5.78 Å². The molecule has 0 aromatic carbocycles. The van der Waals surface area contributed by atoms with Crippen molar-refractivity contribution in [1.29, 1.82) is 0 Å². The summed E-state index contributed by atoms with van der Waals surface area (Å²) in [6.07, 6.45) is 3.45. The Bertz CT molecular complexity index is 884. The number of Topliss-reactive ketones (excluding diaryl/α,β-unsaturated/α-hetero) is 1. The lowest BCUT2D eigenvalue weighted by atomic mass is 10.1. The number of nitrogen functional groups attached to an aromatic ring is 1. The highest BCUT2D eigenvalue weighted by atomic mass is 16.1. The molecule has 0 unspecified atom stereocenters. The molecule has 3 aromatic heterocycles. The summed E-state index contributed by atoms with van der Waals surface area (Å²) in [5.74, 6) is 0.269. The molecule has 0 saturated heterocycles. The third kappa shape index (κ3) is 2.69. The van der Waals surface area contributed by atoms with Gasteiger partial charge >= 0.3 is 0 Å². The number of rotatable bonds is 3. The van der Waals surface area contributed by atoms with Gasteiger partial charge in [-0.25, -0.2) is 9.97 Å². The first kappa shape index (κ1) is 15.2. The van der Waals surface area contributed by atoms with E-state index in [1.54, 1.807) is 0 Å². The van der Waals surface area contributed by atoms with Gasteiger partial charge in [-0.05, 0) is 33.8 Å². The zero-order valence-electron chi connectivity index (χ0n) is 13.7. The molecular formula is C16H20N6O. The molecule has 0 fully saturated rings. The zero-order chi connectivity index (χ0) is 16.8. The fourth-order valence-electron chi connectivity index (χ4n) is 2.63. The van der Waals surface area contributed by atoms with E-state index in [1.807, 2.05) is 23.8 Å². The minimum atomic E-state index is -0.222. The predicted molar refractivity (Wildman–Crippen MR) is 88.3 cm³/mol. The number of ketones is 1. The topological polar surface area (TPSA) is 102 Å². The van der Waals surface area contributed by atoms with Gasteiger partial charge in [0.1, 0.15) is 17.8 Å². The van der Waals surface area contributed by atoms with Crippen LogP contribution < -0.4 is 5.73 Å². The molecule has 0 saturated carbocycles. The molecule has 0 bridgehead atoms. The Morgan fingerprint density at radius 3 is 2.70 bits per heavy atom. The van der Waals surface area contributed by atoms with Gasteiger partial charge in [0.05, 0.1) is 17.5 Å². The standard InChI is InChI=1S/C16H20N6O/c1-9-5-10(21-20-9)6-12(23)11-7-22(16(2,3)4)15-13(11)14(17)18-8-19-15/h5,7-8H,6H2,1-4H3,(H,20,21)(H2,17,18,19). The van der Waals surface area contributed by atoms with E-state index in [1.165, 1.54) is 6.33 Å². The highest BCUT2D eigenvalue weighted by Crippen LogP contribution is 2.29. The molecule has 0 amide bonds. The second kappa shape index (κ2) is 5.19. The van der Waals surface area contributed by atoms with E-state index in [9.17, 15) is 4.79 Å². The van der Waals surface area contributed by atoms with Crippen molar-refractivity contribution in [2.24, 2.45) is 0 Å². The minimum absolute atomic E-state index is 0.0500. The number of hydrogen-bond donors (Lipinski definition) is 2. The van der Waals surface area contributed by atoms with E-state index >= 15 is 0 Å². The van der Waals surface area contributed by atoms with Crippen LogP contribution in [0.4, 0.5) is 5.82 Å². The molecule has 120 valence electrons. The first-order valence-corrected chi connectivity index (χ1v) is 7.43. The highest BCUT2D eigenvalue weighted by molar-refractivity contribution is 6.11. The summed E-state index contributed by atoms with van der Waals surface area (Å²) in [5, 5.41) is 7.58. The Morgan fingerprint density at radius 1 is 1.35 bits per heavy atom. The van der Waals surface area contributed by atoms with Crippen LogP contribution >= 0.6 is 0 Å². The predicted octanol–water partition coefficient (Wildman–Crippen LogP) is 2.23. The summed E-state index contributed by atoms with van der Waals surface area (Å²) in [7, 11) is 0. The zero-order valence-corrected chi connectivity index (χ0v) is 13.7. The van der Waals surface area contributed by atoms with E-state index < -0.39 is 0 Å². The Balaban J connectivity index is 2.11. The maximum Gasteiger partial charge on any atom is 0.171 e. The fraction of sp³-hybridized carbons (Fsp3) is 0.375. The average molecular weight is 312 g/mol. The van der Waals surface area contributed by atoms with E-state index in [0.717, 1.165) is 5.69 Å². The average Bonchev–Trinajstić information content (AvgIpc) is 3.03. The van der Waals surface area contributed by atoms with Crippen molar-refractivity contribution >= 4 is 22.6 Å². The van der Waals surface area contributed by atoms with Crippen molar-refractivity contribution in [3.8, 4) is 0 Å². The van der Waals surface area contributed by atoms with Gasteiger partial charge in [0, 0.05) is 23.0 Å². The third-order valence-electron chi connectivity index (χ3n) is 3.74. The lowest BCUT2D eigenvalue weighted by Crippen LogP contribution is -2.21. The molecule has 0 aliphatic rings. The minimum Gasteiger partial charge on any atom is -0.383 e. The van der Waals surface area contributed by atoms with Gasteiger partial charge < -0.3 is 10.3 Å². The van der Waals surface area contributed by atoms with Crippen LogP contribution in [0.5, 0.6) is 0 Å². The second-order valence-corrected chi connectivity index (χ2v) is 6.68. The summed E-state index contributed by atoms with van der Waals surface area (Å²) in [4.78, 5) is 21.1. The number of nitrogens with one attached hydrogen (secondary N) is 1. The quantitative estimate of drug-likeness (QED) is 0.722. The number of carbonyl (C=O) groups is 1. The van der Waals surface area contributed by atoms with E-state index in [0.29, 0.717) is 28.1 Å².